The highest BCUT2D eigenvalue weighted by molar-refractivity contribution is 9.10. The fourth-order valence-electron chi connectivity index (χ4n) is 1.65. The minimum absolute atomic E-state index is 0.262. The number of amides is 1. The highest BCUT2D eigenvalue weighted by atomic mass is 79.9. The van der Waals surface area contributed by atoms with Crippen LogP contribution in [-0.4, -0.2) is 10.9 Å². The Hall–Kier alpha value is -0.950. The second kappa shape index (κ2) is 6.87. The van der Waals surface area contributed by atoms with Crippen molar-refractivity contribution >= 4 is 72.3 Å². The zero-order valence-corrected chi connectivity index (χ0v) is 15.2. The number of halogens is 3. The lowest BCUT2D eigenvalue weighted by atomic mass is 10.2. The van der Waals surface area contributed by atoms with Gasteiger partial charge in [-0.1, -0.05) is 39.7 Å². The van der Waals surface area contributed by atoms with E-state index < -0.39 is 0 Å². The lowest BCUT2D eigenvalue weighted by Crippen LogP contribution is -2.13. The van der Waals surface area contributed by atoms with Gasteiger partial charge in [-0.2, -0.15) is 0 Å². The van der Waals surface area contributed by atoms with Crippen LogP contribution in [0, 0.1) is 0 Å². The molecule has 0 atom stereocenters. The maximum absolute atomic E-state index is 12.2. The second-order valence-corrected chi connectivity index (χ2v) is 6.82. The lowest BCUT2D eigenvalue weighted by molar-refractivity contribution is 0.102. The Labute approximate surface area is 149 Å². The van der Waals surface area contributed by atoms with Crippen molar-refractivity contribution in [1.82, 2.24) is 0 Å². The highest BCUT2D eigenvalue weighted by Gasteiger charge is 2.11. The van der Waals surface area contributed by atoms with Gasteiger partial charge in [-0.3, -0.25) is 4.79 Å². The summed E-state index contributed by atoms with van der Waals surface area (Å²) in [5, 5.41) is 3.28. The molecule has 0 aliphatic rings. The summed E-state index contributed by atoms with van der Waals surface area (Å²) in [6.45, 7) is 0. The van der Waals surface area contributed by atoms with Crippen molar-refractivity contribution in [2.45, 2.75) is 0 Å². The Morgan fingerprint density at radius 3 is 2.43 bits per heavy atom. The SMILES string of the molecule is NC(=S)c1ccc(NC(=O)c2cc(Cl)cc(Br)c2)c(Br)c1. The van der Waals surface area contributed by atoms with Crippen LogP contribution in [0.25, 0.3) is 0 Å². The summed E-state index contributed by atoms with van der Waals surface area (Å²) in [6.07, 6.45) is 0. The number of benzene rings is 2. The summed E-state index contributed by atoms with van der Waals surface area (Å²) in [4.78, 5) is 12.5. The number of rotatable bonds is 3. The average Bonchev–Trinajstić information content (AvgIpc) is 2.39. The van der Waals surface area contributed by atoms with Gasteiger partial charge in [0.05, 0.1) is 5.69 Å². The van der Waals surface area contributed by atoms with Crippen molar-refractivity contribution in [1.29, 1.82) is 0 Å². The molecule has 2 rings (SSSR count). The van der Waals surface area contributed by atoms with Crippen molar-refractivity contribution < 1.29 is 4.79 Å². The van der Waals surface area contributed by atoms with Gasteiger partial charge in [-0.05, 0) is 52.3 Å². The molecule has 1 amide bonds. The minimum atomic E-state index is -0.262. The van der Waals surface area contributed by atoms with E-state index in [0.717, 1.165) is 10.0 Å². The standard InChI is InChI=1S/C14H9Br2ClN2OS/c15-9-3-8(4-10(17)6-9)14(20)19-12-2-1-7(13(18)21)5-11(12)16/h1-6H,(H2,18,21)(H,19,20). The molecule has 0 fully saturated rings. The van der Waals surface area contributed by atoms with Gasteiger partial charge in [0, 0.05) is 25.1 Å². The molecule has 0 saturated carbocycles. The first kappa shape index (κ1) is 16.4. The Balaban J connectivity index is 2.25. The normalized spacial score (nSPS) is 10.2. The third-order valence-electron chi connectivity index (χ3n) is 2.63. The molecule has 7 heteroatoms. The van der Waals surface area contributed by atoms with E-state index in [9.17, 15) is 4.79 Å². The van der Waals surface area contributed by atoms with E-state index in [2.05, 4.69) is 37.2 Å². The third kappa shape index (κ3) is 4.26. The van der Waals surface area contributed by atoms with E-state index in [0.29, 0.717) is 25.7 Å². The summed E-state index contributed by atoms with van der Waals surface area (Å²) >= 11 is 17.5. The lowest BCUT2D eigenvalue weighted by Gasteiger charge is -2.09. The van der Waals surface area contributed by atoms with Crippen LogP contribution < -0.4 is 11.1 Å². The van der Waals surface area contributed by atoms with Gasteiger partial charge in [0.1, 0.15) is 4.99 Å². The predicted octanol–water partition coefficient (Wildman–Crippen LogP) is 4.75. The summed E-state index contributed by atoms with van der Waals surface area (Å²) < 4.78 is 1.44. The monoisotopic (exact) mass is 446 g/mol. The predicted molar refractivity (Wildman–Crippen MR) is 97.1 cm³/mol. The van der Waals surface area contributed by atoms with Crippen LogP contribution in [0.5, 0.6) is 0 Å². The highest BCUT2D eigenvalue weighted by Crippen LogP contribution is 2.25. The summed E-state index contributed by atoms with van der Waals surface area (Å²) in [6, 6.07) is 10.2. The Morgan fingerprint density at radius 1 is 1.14 bits per heavy atom. The number of thiocarbonyl (C=S) groups is 1. The number of anilines is 1. The molecule has 108 valence electrons. The molecule has 2 aromatic rings. The molecular formula is C14H9Br2ClN2OS. The smallest absolute Gasteiger partial charge is 0.255 e. The fourth-order valence-corrected chi connectivity index (χ4v) is 3.11. The molecule has 0 aliphatic heterocycles. The van der Waals surface area contributed by atoms with Crippen LogP contribution in [-0.2, 0) is 0 Å². The van der Waals surface area contributed by atoms with Gasteiger partial charge in [-0.15, -0.1) is 0 Å². The quantitative estimate of drug-likeness (QED) is 0.666. The van der Waals surface area contributed by atoms with Crippen LogP contribution in [0.1, 0.15) is 15.9 Å². The van der Waals surface area contributed by atoms with Gasteiger partial charge in [-0.25, -0.2) is 0 Å². The molecule has 0 unspecified atom stereocenters. The van der Waals surface area contributed by atoms with Gasteiger partial charge >= 0.3 is 0 Å². The molecule has 0 spiro atoms. The summed E-state index contributed by atoms with van der Waals surface area (Å²) in [5.74, 6) is -0.262. The van der Waals surface area contributed by atoms with Gasteiger partial charge in [0.25, 0.3) is 5.91 Å². The number of carbonyl (C=O) groups is 1. The van der Waals surface area contributed by atoms with Crippen LogP contribution >= 0.6 is 55.7 Å². The molecule has 2 aromatic carbocycles. The van der Waals surface area contributed by atoms with E-state index >= 15 is 0 Å². The maximum atomic E-state index is 12.2. The largest absolute Gasteiger partial charge is 0.389 e. The first-order chi connectivity index (χ1) is 9.86. The number of carbonyl (C=O) groups excluding carboxylic acids is 1. The van der Waals surface area contributed by atoms with Gasteiger partial charge in [0.15, 0.2) is 0 Å². The van der Waals surface area contributed by atoms with Crippen LogP contribution in [0.2, 0.25) is 5.02 Å². The number of nitrogens with two attached hydrogens (primary N) is 1. The topological polar surface area (TPSA) is 55.1 Å². The van der Waals surface area contributed by atoms with E-state index in [1.54, 1.807) is 36.4 Å². The van der Waals surface area contributed by atoms with E-state index in [4.69, 9.17) is 29.6 Å². The van der Waals surface area contributed by atoms with Crippen molar-refractivity contribution in [3.05, 3.63) is 61.5 Å². The Morgan fingerprint density at radius 2 is 1.86 bits per heavy atom. The molecular weight excluding hydrogens is 439 g/mol. The molecule has 0 bridgehead atoms. The maximum Gasteiger partial charge on any atom is 0.255 e. The first-order valence-corrected chi connectivity index (χ1v) is 8.11. The van der Waals surface area contributed by atoms with Crippen LogP contribution in [0.3, 0.4) is 0 Å². The van der Waals surface area contributed by atoms with E-state index in [-0.39, 0.29) is 5.91 Å². The molecule has 0 saturated heterocycles. The van der Waals surface area contributed by atoms with Gasteiger partial charge in [0.2, 0.25) is 0 Å². The molecule has 0 radical (unpaired) electrons. The Bertz CT molecular complexity index is 717. The van der Waals surface area contributed by atoms with Gasteiger partial charge < -0.3 is 11.1 Å². The second-order valence-electron chi connectivity index (χ2n) is 4.17. The average molecular weight is 449 g/mol. The van der Waals surface area contributed by atoms with Crippen molar-refractivity contribution in [2.75, 3.05) is 5.32 Å². The van der Waals surface area contributed by atoms with Crippen LogP contribution in [0.4, 0.5) is 5.69 Å². The van der Waals surface area contributed by atoms with Crippen LogP contribution in [0.15, 0.2) is 45.3 Å². The van der Waals surface area contributed by atoms with Crippen molar-refractivity contribution in [3.63, 3.8) is 0 Å². The van der Waals surface area contributed by atoms with E-state index in [1.165, 1.54) is 0 Å². The van der Waals surface area contributed by atoms with E-state index in [1.807, 2.05) is 0 Å². The first-order valence-electron chi connectivity index (χ1n) is 5.73. The zero-order chi connectivity index (χ0) is 15.6. The summed E-state index contributed by atoms with van der Waals surface area (Å²) in [7, 11) is 0. The zero-order valence-electron chi connectivity index (χ0n) is 10.5. The minimum Gasteiger partial charge on any atom is -0.389 e. The number of hydrogen-bond acceptors (Lipinski definition) is 2. The summed E-state index contributed by atoms with van der Waals surface area (Å²) in [5.41, 5.74) is 7.36. The van der Waals surface area contributed by atoms with Crippen molar-refractivity contribution in [3.8, 4) is 0 Å². The molecule has 21 heavy (non-hydrogen) atoms. The molecule has 0 aromatic heterocycles. The number of hydrogen-bond donors (Lipinski definition) is 2. The molecule has 0 aliphatic carbocycles. The fraction of sp³-hybridized carbons (Fsp3) is 0. The number of nitrogens with one attached hydrogen (secondary N) is 1. The Kier molecular flexibility index (Phi) is 5.37. The molecule has 3 N–H and O–H groups in total. The van der Waals surface area contributed by atoms with Crippen molar-refractivity contribution in [2.24, 2.45) is 5.73 Å². The molecule has 3 nitrogen and oxygen atoms in total. The molecule has 0 heterocycles. The third-order valence-corrected chi connectivity index (χ3v) is 4.19.